The summed E-state index contributed by atoms with van der Waals surface area (Å²) in [5.74, 6) is 0.917. The van der Waals surface area contributed by atoms with Gasteiger partial charge in [0.1, 0.15) is 24.8 Å². The molecule has 2 aliphatic rings. The molecule has 3 aromatic rings. The zero-order valence-electron chi connectivity index (χ0n) is 17.1. The molecule has 9 nitrogen and oxygen atoms in total. The van der Waals surface area contributed by atoms with E-state index in [1.54, 1.807) is 16.8 Å². The predicted octanol–water partition coefficient (Wildman–Crippen LogP) is 1.43. The fraction of sp³-hybridized carbons (Fsp3) is 0.409. The van der Waals surface area contributed by atoms with Crippen molar-refractivity contribution in [3.63, 3.8) is 0 Å². The van der Waals surface area contributed by atoms with E-state index in [4.69, 9.17) is 10.00 Å². The molecule has 2 bridgehead atoms. The SMILES string of the molecule is N#Cc1ccc(N2C3CCC2CN(C(=O)COCCc2cccc4ncnn24)C3)nc1. The Morgan fingerprint density at radius 1 is 1.16 bits per heavy atom. The molecule has 31 heavy (non-hydrogen) atoms. The highest BCUT2D eigenvalue weighted by molar-refractivity contribution is 5.78. The minimum Gasteiger partial charge on any atom is -0.371 e. The zero-order chi connectivity index (χ0) is 21.2. The minimum atomic E-state index is 0.0308. The van der Waals surface area contributed by atoms with Crippen LogP contribution in [0.2, 0.25) is 0 Å². The number of likely N-dealkylation sites (tertiary alicyclic amines) is 1. The Kier molecular flexibility index (Phi) is 5.22. The van der Waals surface area contributed by atoms with E-state index in [0.29, 0.717) is 31.7 Å². The molecule has 2 unspecified atom stereocenters. The highest BCUT2D eigenvalue weighted by atomic mass is 16.5. The van der Waals surface area contributed by atoms with Crippen LogP contribution < -0.4 is 4.90 Å². The van der Waals surface area contributed by atoms with Crippen LogP contribution in [0.1, 0.15) is 24.1 Å². The van der Waals surface area contributed by atoms with Crippen molar-refractivity contribution in [2.24, 2.45) is 0 Å². The van der Waals surface area contributed by atoms with Crippen LogP contribution in [0.4, 0.5) is 5.82 Å². The molecule has 9 heteroatoms. The Bertz CT molecular complexity index is 1110. The summed E-state index contributed by atoms with van der Waals surface area (Å²) in [4.78, 5) is 25.6. The van der Waals surface area contributed by atoms with Crippen molar-refractivity contribution in [3.05, 3.63) is 54.1 Å². The molecular weight excluding hydrogens is 394 g/mol. The first kappa shape index (κ1) is 19.5. The number of carbonyl (C=O) groups is 1. The predicted molar refractivity (Wildman–Crippen MR) is 112 cm³/mol. The molecule has 158 valence electrons. The second-order valence-corrected chi connectivity index (χ2v) is 7.96. The van der Waals surface area contributed by atoms with E-state index >= 15 is 0 Å². The van der Waals surface area contributed by atoms with E-state index in [0.717, 1.165) is 30.0 Å². The summed E-state index contributed by atoms with van der Waals surface area (Å²) in [7, 11) is 0. The number of rotatable bonds is 6. The number of pyridine rings is 2. The number of ether oxygens (including phenoxy) is 1. The van der Waals surface area contributed by atoms with Crippen molar-refractivity contribution in [3.8, 4) is 6.07 Å². The highest BCUT2D eigenvalue weighted by Gasteiger charge is 2.41. The fourth-order valence-corrected chi connectivity index (χ4v) is 4.60. The summed E-state index contributed by atoms with van der Waals surface area (Å²) >= 11 is 0. The molecule has 3 aromatic heterocycles. The van der Waals surface area contributed by atoms with Gasteiger partial charge in [0, 0.05) is 43.5 Å². The van der Waals surface area contributed by atoms with Crippen LogP contribution in [0.3, 0.4) is 0 Å². The van der Waals surface area contributed by atoms with Gasteiger partial charge in [-0.05, 0) is 37.1 Å². The van der Waals surface area contributed by atoms with Gasteiger partial charge in [-0.1, -0.05) is 6.07 Å². The van der Waals surface area contributed by atoms with Crippen molar-refractivity contribution in [1.29, 1.82) is 5.26 Å². The van der Waals surface area contributed by atoms with Gasteiger partial charge in [-0.3, -0.25) is 4.79 Å². The average molecular weight is 417 g/mol. The third-order valence-electron chi connectivity index (χ3n) is 6.08. The largest absolute Gasteiger partial charge is 0.371 e. The Hall–Kier alpha value is -3.51. The molecule has 2 saturated heterocycles. The van der Waals surface area contributed by atoms with Gasteiger partial charge in [-0.15, -0.1) is 0 Å². The van der Waals surface area contributed by atoms with Gasteiger partial charge in [0.25, 0.3) is 0 Å². The van der Waals surface area contributed by atoms with Crippen LogP contribution in [0.25, 0.3) is 5.65 Å². The molecule has 0 aromatic carbocycles. The van der Waals surface area contributed by atoms with E-state index in [9.17, 15) is 4.79 Å². The van der Waals surface area contributed by atoms with Crippen molar-refractivity contribution < 1.29 is 9.53 Å². The Morgan fingerprint density at radius 2 is 2.00 bits per heavy atom. The van der Waals surface area contributed by atoms with Gasteiger partial charge < -0.3 is 14.5 Å². The number of anilines is 1. The van der Waals surface area contributed by atoms with Gasteiger partial charge in [-0.2, -0.15) is 10.4 Å². The van der Waals surface area contributed by atoms with Crippen LogP contribution in [0, 0.1) is 11.3 Å². The molecule has 0 saturated carbocycles. The number of carbonyl (C=O) groups excluding carboxylic acids is 1. The number of aromatic nitrogens is 4. The summed E-state index contributed by atoms with van der Waals surface area (Å²) in [5.41, 5.74) is 2.37. The molecule has 0 N–H and O–H groups in total. The minimum absolute atomic E-state index is 0.0308. The average Bonchev–Trinajstić information content (AvgIpc) is 3.39. The zero-order valence-corrected chi connectivity index (χ0v) is 17.1. The van der Waals surface area contributed by atoms with E-state index in [-0.39, 0.29) is 24.6 Å². The van der Waals surface area contributed by atoms with Crippen molar-refractivity contribution in [2.75, 3.05) is 31.2 Å². The number of fused-ring (bicyclic) bond motifs is 3. The maximum Gasteiger partial charge on any atom is 0.248 e. The number of nitrogens with zero attached hydrogens (tertiary/aromatic N) is 7. The lowest BCUT2D eigenvalue weighted by Gasteiger charge is -2.41. The van der Waals surface area contributed by atoms with Crippen LogP contribution in [0.15, 0.2) is 42.9 Å². The lowest BCUT2D eigenvalue weighted by atomic mass is 10.1. The maximum absolute atomic E-state index is 12.7. The van der Waals surface area contributed by atoms with Crippen molar-refractivity contribution in [2.45, 2.75) is 31.3 Å². The standard InChI is InChI=1S/C22H23N7O2/c23-10-16-4-7-20(24-11-16)28-18-5-6-19(28)13-27(12-18)22(30)14-31-9-8-17-2-1-3-21-25-15-26-29(17)21/h1-4,7,11,15,18-19H,5-6,8-9,12-14H2. The van der Waals surface area contributed by atoms with Gasteiger partial charge in [-0.25, -0.2) is 14.5 Å². The van der Waals surface area contributed by atoms with Crippen LogP contribution in [-0.4, -0.2) is 68.8 Å². The molecule has 0 radical (unpaired) electrons. The lowest BCUT2D eigenvalue weighted by Crippen LogP contribution is -2.56. The van der Waals surface area contributed by atoms with Crippen LogP contribution in [-0.2, 0) is 16.0 Å². The lowest BCUT2D eigenvalue weighted by molar-refractivity contribution is -0.137. The number of amides is 1. The summed E-state index contributed by atoms with van der Waals surface area (Å²) in [6.07, 6.45) is 5.89. The Morgan fingerprint density at radius 3 is 2.74 bits per heavy atom. The van der Waals surface area contributed by atoms with Gasteiger partial charge >= 0.3 is 0 Å². The quantitative estimate of drug-likeness (QED) is 0.560. The third-order valence-corrected chi connectivity index (χ3v) is 6.08. The topological polar surface area (TPSA) is 99.7 Å². The molecule has 1 amide bonds. The van der Waals surface area contributed by atoms with E-state index in [1.807, 2.05) is 29.2 Å². The Balaban J connectivity index is 1.14. The summed E-state index contributed by atoms with van der Waals surface area (Å²) in [5, 5.41) is 13.2. The smallest absolute Gasteiger partial charge is 0.248 e. The second kappa shape index (κ2) is 8.32. The first-order valence-corrected chi connectivity index (χ1v) is 10.5. The van der Waals surface area contributed by atoms with Gasteiger partial charge in [0.2, 0.25) is 5.91 Å². The maximum atomic E-state index is 12.7. The molecule has 0 aliphatic carbocycles. The van der Waals surface area contributed by atoms with Gasteiger partial charge in [0.05, 0.1) is 12.2 Å². The van der Waals surface area contributed by atoms with Gasteiger partial charge in [0.15, 0.2) is 5.65 Å². The second-order valence-electron chi connectivity index (χ2n) is 7.96. The monoisotopic (exact) mass is 417 g/mol. The summed E-state index contributed by atoms with van der Waals surface area (Å²) < 4.78 is 7.49. The van der Waals surface area contributed by atoms with Crippen molar-refractivity contribution >= 4 is 17.4 Å². The molecule has 2 aliphatic heterocycles. The van der Waals surface area contributed by atoms with E-state index in [2.05, 4.69) is 26.0 Å². The molecule has 5 rings (SSSR count). The first-order chi connectivity index (χ1) is 15.2. The third kappa shape index (κ3) is 3.82. The van der Waals surface area contributed by atoms with Crippen molar-refractivity contribution in [1.82, 2.24) is 24.5 Å². The number of nitriles is 1. The summed E-state index contributed by atoms with van der Waals surface area (Å²) in [6, 6.07) is 12.2. The highest BCUT2D eigenvalue weighted by Crippen LogP contribution is 2.33. The van der Waals surface area contributed by atoms with E-state index < -0.39 is 0 Å². The number of hydrogen-bond donors (Lipinski definition) is 0. The molecule has 0 spiro atoms. The molecule has 2 fully saturated rings. The molecule has 2 atom stereocenters. The summed E-state index contributed by atoms with van der Waals surface area (Å²) in [6.45, 7) is 1.89. The molecular formula is C22H23N7O2. The number of hydrogen-bond acceptors (Lipinski definition) is 7. The van der Waals surface area contributed by atoms with Crippen LogP contribution in [0.5, 0.6) is 0 Å². The normalized spacial score (nSPS) is 20.2. The first-order valence-electron chi connectivity index (χ1n) is 10.5. The van der Waals surface area contributed by atoms with E-state index in [1.165, 1.54) is 6.33 Å². The molecule has 5 heterocycles. The fourth-order valence-electron chi connectivity index (χ4n) is 4.60. The number of piperazine rings is 1. The Labute approximate surface area is 179 Å². The van der Waals surface area contributed by atoms with Crippen LogP contribution >= 0.6 is 0 Å².